The van der Waals surface area contributed by atoms with Gasteiger partial charge < -0.3 is 19.7 Å². The fraction of sp³-hybridized carbons (Fsp3) is 0.533. The average Bonchev–Trinajstić information content (AvgIpc) is 2.38. The van der Waals surface area contributed by atoms with E-state index in [0.717, 1.165) is 5.56 Å². The Balaban J connectivity index is 1.89. The highest BCUT2D eigenvalue weighted by atomic mass is 16.6. The summed E-state index contributed by atoms with van der Waals surface area (Å²) in [7, 11) is 0. The molecular weight excluding hydrogens is 260 g/mol. The molecule has 110 valence electrons. The molecule has 2 rings (SSSR count). The van der Waals surface area contributed by atoms with Crippen molar-refractivity contribution < 1.29 is 24.5 Å². The van der Waals surface area contributed by atoms with Crippen LogP contribution in [0.2, 0.25) is 0 Å². The minimum absolute atomic E-state index is 0.0296. The van der Waals surface area contributed by atoms with Crippen LogP contribution >= 0.6 is 0 Å². The molecule has 0 radical (unpaired) electrons. The van der Waals surface area contributed by atoms with E-state index in [1.165, 1.54) is 0 Å². The topological polar surface area (TPSA) is 76.0 Å². The second kappa shape index (κ2) is 6.35. The van der Waals surface area contributed by atoms with Crippen molar-refractivity contribution in [1.29, 1.82) is 0 Å². The summed E-state index contributed by atoms with van der Waals surface area (Å²) in [5, 5.41) is 19.6. The largest absolute Gasteiger partial charge is 0.458 e. The molecule has 0 aromatic heterocycles. The highest BCUT2D eigenvalue weighted by Gasteiger charge is 2.37. The van der Waals surface area contributed by atoms with Crippen molar-refractivity contribution >= 4 is 5.97 Å². The second-order valence-electron chi connectivity index (χ2n) is 5.16. The summed E-state index contributed by atoms with van der Waals surface area (Å²) in [5.74, 6) is -2.16. The standard InChI is InChI=1S/C15H20O5/c1-11(12-5-3-2-4-6-12)20-14(17)10-15(18)9-13(16)7-8-19-15/h2-6,11,13,16,18H,7-10H2,1H3/t11-,13+,15-/m1/s1. The normalized spacial score (nSPS) is 27.9. The Bertz CT molecular complexity index is 447. The van der Waals surface area contributed by atoms with E-state index in [1.54, 1.807) is 6.92 Å². The smallest absolute Gasteiger partial charge is 0.311 e. The van der Waals surface area contributed by atoms with Gasteiger partial charge in [-0.25, -0.2) is 0 Å². The first kappa shape index (κ1) is 15.0. The first-order valence-electron chi connectivity index (χ1n) is 6.77. The molecule has 0 bridgehead atoms. The Morgan fingerprint density at radius 1 is 1.50 bits per heavy atom. The number of aliphatic hydroxyl groups is 2. The van der Waals surface area contributed by atoms with Gasteiger partial charge in [0.25, 0.3) is 0 Å². The predicted octanol–water partition coefficient (Wildman–Crippen LogP) is 1.54. The molecule has 1 heterocycles. The number of hydrogen-bond donors (Lipinski definition) is 2. The van der Waals surface area contributed by atoms with E-state index in [0.29, 0.717) is 6.42 Å². The minimum atomic E-state index is -1.62. The van der Waals surface area contributed by atoms with Crippen molar-refractivity contribution in [3.05, 3.63) is 35.9 Å². The molecule has 0 amide bonds. The highest BCUT2D eigenvalue weighted by Crippen LogP contribution is 2.27. The Hall–Kier alpha value is -1.43. The fourth-order valence-corrected chi connectivity index (χ4v) is 2.29. The summed E-state index contributed by atoms with van der Waals surface area (Å²) in [4.78, 5) is 11.9. The maximum atomic E-state index is 11.9. The summed E-state index contributed by atoms with van der Waals surface area (Å²) >= 11 is 0. The summed E-state index contributed by atoms with van der Waals surface area (Å²) in [6, 6.07) is 9.36. The van der Waals surface area contributed by atoms with E-state index >= 15 is 0 Å². The molecule has 2 N–H and O–H groups in total. The van der Waals surface area contributed by atoms with Gasteiger partial charge in [-0.2, -0.15) is 0 Å². The van der Waals surface area contributed by atoms with Crippen LogP contribution in [0.3, 0.4) is 0 Å². The number of esters is 1. The van der Waals surface area contributed by atoms with Gasteiger partial charge in [-0.05, 0) is 18.9 Å². The molecular formula is C15H20O5. The van der Waals surface area contributed by atoms with Gasteiger partial charge in [0.1, 0.15) is 6.10 Å². The molecule has 5 nitrogen and oxygen atoms in total. The van der Waals surface area contributed by atoms with Crippen LogP contribution in [0.4, 0.5) is 0 Å². The van der Waals surface area contributed by atoms with Gasteiger partial charge in [0.05, 0.1) is 19.1 Å². The summed E-state index contributed by atoms with van der Waals surface area (Å²) in [5.41, 5.74) is 0.887. The highest BCUT2D eigenvalue weighted by molar-refractivity contribution is 5.70. The van der Waals surface area contributed by atoms with E-state index < -0.39 is 17.9 Å². The van der Waals surface area contributed by atoms with E-state index in [2.05, 4.69) is 0 Å². The number of ether oxygens (including phenoxy) is 2. The Kier molecular flexibility index (Phi) is 4.75. The van der Waals surface area contributed by atoms with Crippen molar-refractivity contribution in [2.24, 2.45) is 0 Å². The Morgan fingerprint density at radius 2 is 2.20 bits per heavy atom. The van der Waals surface area contributed by atoms with Crippen LogP contribution in [-0.2, 0) is 14.3 Å². The number of hydrogen-bond acceptors (Lipinski definition) is 5. The van der Waals surface area contributed by atoms with E-state index in [4.69, 9.17) is 9.47 Å². The van der Waals surface area contributed by atoms with E-state index in [1.807, 2.05) is 30.3 Å². The van der Waals surface area contributed by atoms with E-state index in [9.17, 15) is 15.0 Å². The van der Waals surface area contributed by atoms with Crippen molar-refractivity contribution in [3.63, 3.8) is 0 Å². The SMILES string of the molecule is C[C@@H](OC(=O)C[C@@]1(O)C[C@@H](O)CCO1)c1ccccc1. The van der Waals surface area contributed by atoms with Crippen molar-refractivity contribution in [1.82, 2.24) is 0 Å². The molecule has 5 heteroatoms. The third-order valence-corrected chi connectivity index (χ3v) is 3.37. The maximum Gasteiger partial charge on any atom is 0.311 e. The second-order valence-corrected chi connectivity index (χ2v) is 5.16. The van der Waals surface area contributed by atoms with Gasteiger partial charge in [-0.15, -0.1) is 0 Å². The predicted molar refractivity (Wildman–Crippen MR) is 71.7 cm³/mol. The van der Waals surface area contributed by atoms with Gasteiger partial charge >= 0.3 is 5.97 Å². The number of benzene rings is 1. The lowest BCUT2D eigenvalue weighted by atomic mass is 10.00. The number of carbonyl (C=O) groups is 1. The molecule has 1 saturated heterocycles. The zero-order chi connectivity index (χ0) is 14.6. The van der Waals surface area contributed by atoms with Gasteiger partial charge in [-0.3, -0.25) is 4.79 Å². The molecule has 1 fully saturated rings. The van der Waals surface area contributed by atoms with Crippen LogP contribution < -0.4 is 0 Å². The quantitative estimate of drug-likeness (QED) is 0.818. The third-order valence-electron chi connectivity index (χ3n) is 3.37. The van der Waals surface area contributed by atoms with Crippen molar-refractivity contribution in [2.45, 2.75) is 44.2 Å². The lowest BCUT2D eigenvalue weighted by Gasteiger charge is -2.34. The first-order valence-corrected chi connectivity index (χ1v) is 6.77. The zero-order valence-corrected chi connectivity index (χ0v) is 11.5. The van der Waals surface area contributed by atoms with Gasteiger partial charge in [0, 0.05) is 6.42 Å². The monoisotopic (exact) mass is 280 g/mol. The van der Waals surface area contributed by atoms with Gasteiger partial charge in [-0.1, -0.05) is 30.3 Å². The lowest BCUT2D eigenvalue weighted by molar-refractivity contribution is -0.249. The maximum absolute atomic E-state index is 11.9. The van der Waals surface area contributed by atoms with Crippen LogP contribution in [0.5, 0.6) is 0 Å². The molecule has 0 aliphatic carbocycles. The van der Waals surface area contributed by atoms with Gasteiger partial charge in [0.15, 0.2) is 5.79 Å². The lowest BCUT2D eigenvalue weighted by Crippen LogP contribution is -2.43. The number of carbonyl (C=O) groups excluding carboxylic acids is 1. The fourth-order valence-electron chi connectivity index (χ4n) is 2.29. The number of rotatable bonds is 4. The Labute approximate surface area is 118 Å². The molecule has 20 heavy (non-hydrogen) atoms. The van der Waals surface area contributed by atoms with E-state index in [-0.39, 0.29) is 25.6 Å². The Morgan fingerprint density at radius 3 is 2.85 bits per heavy atom. The molecule has 1 aliphatic heterocycles. The van der Waals surface area contributed by atoms with Crippen LogP contribution in [0.1, 0.15) is 37.9 Å². The van der Waals surface area contributed by atoms with Crippen LogP contribution in [0.25, 0.3) is 0 Å². The zero-order valence-electron chi connectivity index (χ0n) is 11.5. The summed E-state index contributed by atoms with van der Waals surface area (Å²) in [6.45, 7) is 2.01. The summed E-state index contributed by atoms with van der Waals surface area (Å²) < 4.78 is 10.5. The van der Waals surface area contributed by atoms with Crippen LogP contribution in [-0.4, -0.2) is 34.7 Å². The van der Waals surface area contributed by atoms with Crippen molar-refractivity contribution in [2.75, 3.05) is 6.61 Å². The molecule has 0 spiro atoms. The molecule has 1 aromatic rings. The molecule has 0 unspecified atom stereocenters. The molecule has 1 aromatic carbocycles. The first-order chi connectivity index (χ1) is 9.48. The molecule has 3 atom stereocenters. The molecule has 0 saturated carbocycles. The third kappa shape index (κ3) is 4.03. The van der Waals surface area contributed by atoms with Crippen LogP contribution in [0, 0.1) is 0 Å². The number of aliphatic hydroxyl groups excluding tert-OH is 1. The van der Waals surface area contributed by atoms with Crippen LogP contribution in [0.15, 0.2) is 30.3 Å². The molecule has 1 aliphatic rings. The average molecular weight is 280 g/mol. The van der Waals surface area contributed by atoms with Gasteiger partial charge in [0.2, 0.25) is 0 Å². The minimum Gasteiger partial charge on any atom is -0.458 e. The summed E-state index contributed by atoms with van der Waals surface area (Å²) in [6.07, 6.45) is -0.810. The van der Waals surface area contributed by atoms with Crippen molar-refractivity contribution in [3.8, 4) is 0 Å².